The molecule has 0 aliphatic carbocycles. The second kappa shape index (κ2) is 11.8. The number of unbranched alkanes of at least 4 members (excludes halogenated alkanes) is 5. The van der Waals surface area contributed by atoms with E-state index < -0.39 is 0 Å². The number of pyridine rings is 1. The van der Waals surface area contributed by atoms with Gasteiger partial charge in [-0.1, -0.05) is 63.0 Å². The molecule has 178 valence electrons. The smallest absolute Gasteiger partial charge is 0.270 e. The Balaban J connectivity index is 1.92. The van der Waals surface area contributed by atoms with Crippen LogP contribution in [0.4, 0.5) is 5.82 Å². The Morgan fingerprint density at radius 3 is 2.39 bits per heavy atom. The van der Waals surface area contributed by atoms with Gasteiger partial charge >= 0.3 is 0 Å². The van der Waals surface area contributed by atoms with Gasteiger partial charge in [0.25, 0.3) is 11.5 Å². The van der Waals surface area contributed by atoms with Gasteiger partial charge in [-0.15, -0.1) is 0 Å². The Kier molecular flexibility index (Phi) is 9.16. The van der Waals surface area contributed by atoms with Crippen LogP contribution in [0.5, 0.6) is 0 Å². The van der Waals surface area contributed by atoms with Crippen molar-refractivity contribution >= 4 is 46.1 Å². The highest BCUT2D eigenvalue weighted by Gasteiger charge is 2.33. The van der Waals surface area contributed by atoms with E-state index in [4.69, 9.17) is 12.2 Å². The molecule has 0 saturated carbocycles. The molecule has 2 aliphatic heterocycles. The van der Waals surface area contributed by atoms with Crippen LogP contribution >= 0.6 is 24.0 Å². The minimum Gasteiger partial charge on any atom is -0.357 e. The van der Waals surface area contributed by atoms with Crippen LogP contribution in [0, 0.1) is 18.3 Å². The van der Waals surface area contributed by atoms with E-state index in [1.807, 2.05) is 19.9 Å². The number of nitrogens with zero attached hydrogens (tertiary/aromatic N) is 4. The first kappa shape index (κ1) is 25.5. The average molecular weight is 487 g/mol. The largest absolute Gasteiger partial charge is 0.357 e. The number of carbonyl (C=O) groups excluding carboxylic acids is 1. The van der Waals surface area contributed by atoms with Crippen LogP contribution in [-0.2, 0) is 11.3 Å². The van der Waals surface area contributed by atoms with Crippen molar-refractivity contribution in [2.75, 3.05) is 24.5 Å². The zero-order valence-electron chi connectivity index (χ0n) is 20.0. The Morgan fingerprint density at radius 2 is 1.76 bits per heavy atom. The van der Waals surface area contributed by atoms with Crippen molar-refractivity contribution in [3.8, 4) is 6.07 Å². The first-order valence-electron chi connectivity index (χ1n) is 12.1. The maximum Gasteiger partial charge on any atom is 0.270 e. The summed E-state index contributed by atoms with van der Waals surface area (Å²) in [5.41, 5.74) is 1.31. The highest BCUT2D eigenvalue weighted by atomic mass is 32.2. The molecule has 2 aliphatic rings. The number of hydrogen-bond donors (Lipinski definition) is 0. The topological polar surface area (TPSA) is 69.3 Å². The molecule has 1 aromatic rings. The van der Waals surface area contributed by atoms with Gasteiger partial charge in [0.2, 0.25) is 0 Å². The molecule has 1 aromatic heterocycles. The molecule has 0 radical (unpaired) electrons. The number of nitriles is 1. The Bertz CT molecular complexity index is 1030. The van der Waals surface area contributed by atoms with E-state index in [1.54, 1.807) is 9.47 Å². The third kappa shape index (κ3) is 5.52. The van der Waals surface area contributed by atoms with E-state index in [-0.39, 0.29) is 17.0 Å². The van der Waals surface area contributed by atoms with Gasteiger partial charge in [-0.25, -0.2) is 0 Å². The van der Waals surface area contributed by atoms with Crippen molar-refractivity contribution in [3.05, 3.63) is 31.9 Å². The van der Waals surface area contributed by atoms with Gasteiger partial charge in [0.05, 0.1) is 4.91 Å². The van der Waals surface area contributed by atoms with Gasteiger partial charge in [-0.3, -0.25) is 19.1 Å². The third-order valence-electron chi connectivity index (χ3n) is 6.45. The molecule has 0 unspecified atom stereocenters. The molecule has 6 nitrogen and oxygen atoms in total. The van der Waals surface area contributed by atoms with Crippen molar-refractivity contribution < 1.29 is 4.79 Å². The van der Waals surface area contributed by atoms with Crippen molar-refractivity contribution in [1.82, 2.24) is 9.47 Å². The normalized spacial score (nSPS) is 17.5. The fraction of sp³-hybridized carbons (Fsp3) is 0.600. The molecule has 2 saturated heterocycles. The van der Waals surface area contributed by atoms with Crippen LogP contribution in [0.3, 0.4) is 0 Å². The van der Waals surface area contributed by atoms with Crippen LogP contribution in [0.2, 0.25) is 0 Å². The zero-order valence-corrected chi connectivity index (χ0v) is 21.6. The van der Waals surface area contributed by atoms with Gasteiger partial charge in [-0.2, -0.15) is 5.26 Å². The van der Waals surface area contributed by atoms with E-state index >= 15 is 0 Å². The summed E-state index contributed by atoms with van der Waals surface area (Å²) in [7, 11) is 0. The van der Waals surface area contributed by atoms with E-state index in [9.17, 15) is 14.9 Å². The molecule has 3 heterocycles. The summed E-state index contributed by atoms with van der Waals surface area (Å²) in [6.45, 7) is 8.78. The first-order chi connectivity index (χ1) is 15.9. The molecular weight excluding hydrogens is 452 g/mol. The lowest BCUT2D eigenvalue weighted by molar-refractivity contribution is -0.122. The van der Waals surface area contributed by atoms with Crippen LogP contribution < -0.4 is 10.5 Å². The summed E-state index contributed by atoms with van der Waals surface area (Å²) in [6.07, 6.45) is 10.9. The predicted octanol–water partition coefficient (Wildman–Crippen LogP) is 5.21. The standard InChI is InChI=1S/C25H34N4O2S2/c1-4-6-7-8-9-10-15-29-24(31)21(33-25(29)32)16-19-18(3)20(17-26)23(30)28(5-2)22(19)27-13-11-12-14-27/h16H,4-15H2,1-3H3/b21-16-. The van der Waals surface area contributed by atoms with E-state index in [2.05, 4.69) is 17.9 Å². The Morgan fingerprint density at radius 1 is 1.09 bits per heavy atom. The lowest BCUT2D eigenvalue weighted by Crippen LogP contribution is -2.33. The Hall–Kier alpha value is -2.11. The average Bonchev–Trinajstić information content (AvgIpc) is 3.42. The maximum atomic E-state index is 13.2. The number of aromatic nitrogens is 1. The number of hydrogen-bond acceptors (Lipinski definition) is 6. The van der Waals surface area contributed by atoms with Gasteiger partial charge in [-0.05, 0) is 44.7 Å². The predicted molar refractivity (Wildman–Crippen MR) is 141 cm³/mol. The van der Waals surface area contributed by atoms with Crippen LogP contribution in [-0.4, -0.2) is 39.3 Å². The summed E-state index contributed by atoms with van der Waals surface area (Å²) in [5, 5.41) is 9.67. The number of amides is 1. The van der Waals surface area contributed by atoms with Crippen molar-refractivity contribution in [1.29, 1.82) is 5.26 Å². The Labute approximate surface area is 206 Å². The lowest BCUT2D eigenvalue weighted by Gasteiger charge is -2.26. The number of thioether (sulfide) groups is 1. The maximum absolute atomic E-state index is 13.2. The number of anilines is 1. The second-order valence-electron chi connectivity index (χ2n) is 8.69. The van der Waals surface area contributed by atoms with E-state index in [1.165, 1.54) is 37.4 Å². The van der Waals surface area contributed by atoms with Crippen LogP contribution in [0.1, 0.15) is 81.9 Å². The van der Waals surface area contributed by atoms with Crippen molar-refractivity contribution in [2.24, 2.45) is 0 Å². The SMILES string of the molecule is CCCCCCCCN1C(=O)/C(=C/c2c(C)c(C#N)c(=O)n(CC)c2N2CCCC2)SC1=S. The molecule has 0 atom stereocenters. The molecular formula is C25H34N4O2S2. The van der Waals surface area contributed by atoms with Gasteiger partial charge in [0, 0.05) is 31.7 Å². The third-order valence-corrected chi connectivity index (χ3v) is 7.83. The molecule has 0 N–H and O–H groups in total. The summed E-state index contributed by atoms with van der Waals surface area (Å²) in [6, 6.07) is 2.09. The molecule has 0 aromatic carbocycles. The van der Waals surface area contributed by atoms with Gasteiger partial charge < -0.3 is 4.90 Å². The molecule has 2 fully saturated rings. The molecule has 3 rings (SSSR count). The molecule has 0 spiro atoms. The summed E-state index contributed by atoms with van der Waals surface area (Å²) < 4.78 is 2.27. The van der Waals surface area contributed by atoms with E-state index in [0.717, 1.165) is 50.2 Å². The monoisotopic (exact) mass is 486 g/mol. The number of carbonyl (C=O) groups is 1. The fourth-order valence-electron chi connectivity index (χ4n) is 4.58. The summed E-state index contributed by atoms with van der Waals surface area (Å²) in [4.78, 5) is 30.7. The second-order valence-corrected chi connectivity index (χ2v) is 10.4. The molecule has 33 heavy (non-hydrogen) atoms. The lowest BCUT2D eigenvalue weighted by atomic mass is 10.0. The minimum atomic E-state index is -0.257. The number of thiocarbonyl (C=S) groups is 1. The molecule has 8 heteroatoms. The summed E-state index contributed by atoms with van der Waals surface area (Å²) in [5.74, 6) is 0.746. The highest BCUT2D eigenvalue weighted by Crippen LogP contribution is 2.36. The van der Waals surface area contributed by atoms with Crippen molar-refractivity contribution in [2.45, 2.75) is 78.7 Å². The minimum absolute atomic E-state index is 0.0712. The number of rotatable bonds is 10. The summed E-state index contributed by atoms with van der Waals surface area (Å²) >= 11 is 6.85. The fourth-order valence-corrected chi connectivity index (χ4v) is 5.87. The van der Waals surface area contributed by atoms with Crippen LogP contribution in [0.15, 0.2) is 9.70 Å². The highest BCUT2D eigenvalue weighted by molar-refractivity contribution is 8.26. The van der Waals surface area contributed by atoms with Gasteiger partial charge in [0.15, 0.2) is 0 Å². The quantitative estimate of drug-likeness (QED) is 0.257. The van der Waals surface area contributed by atoms with E-state index in [0.29, 0.717) is 27.9 Å². The van der Waals surface area contributed by atoms with Crippen molar-refractivity contribution in [3.63, 3.8) is 0 Å². The molecule has 0 bridgehead atoms. The zero-order chi connectivity index (χ0) is 24.0. The first-order valence-corrected chi connectivity index (χ1v) is 13.3. The van der Waals surface area contributed by atoms with Gasteiger partial charge in [0.1, 0.15) is 21.8 Å². The molecule has 1 amide bonds. The van der Waals surface area contributed by atoms with Crippen LogP contribution in [0.25, 0.3) is 6.08 Å².